The van der Waals surface area contributed by atoms with E-state index in [1.54, 1.807) is 0 Å². The zero-order chi connectivity index (χ0) is 14.5. The fourth-order valence-corrected chi connectivity index (χ4v) is 2.42. The lowest BCUT2D eigenvalue weighted by Gasteiger charge is -2.08. The molecular weight excluding hydrogens is 285 g/mol. The van der Waals surface area contributed by atoms with Gasteiger partial charge in [0, 0.05) is 19.2 Å². The second-order valence-corrected chi connectivity index (χ2v) is 5.90. The van der Waals surface area contributed by atoms with Crippen LogP contribution in [0.4, 0.5) is 18.9 Å². The Morgan fingerprint density at radius 1 is 1.42 bits per heavy atom. The number of nitrogens with zero attached hydrogens (tertiary/aromatic N) is 2. The van der Waals surface area contributed by atoms with Crippen molar-refractivity contribution in [3.8, 4) is 0 Å². The standard InChI is InChI=1S/C9H15F3N4O2S/c10-9(11,12)2-1-5-19(17,18)15-3-4-16-7-8(13)6-14-16/h6-7,15H,1-5,13H2. The zero-order valence-electron chi connectivity index (χ0n) is 10.0. The summed E-state index contributed by atoms with van der Waals surface area (Å²) >= 11 is 0. The minimum atomic E-state index is -4.33. The van der Waals surface area contributed by atoms with E-state index in [1.807, 2.05) is 0 Å². The monoisotopic (exact) mass is 300 g/mol. The first-order valence-corrected chi connectivity index (χ1v) is 7.15. The molecule has 6 nitrogen and oxygen atoms in total. The first-order chi connectivity index (χ1) is 8.68. The largest absolute Gasteiger partial charge is 0.396 e. The van der Waals surface area contributed by atoms with Crippen molar-refractivity contribution in [2.45, 2.75) is 25.6 Å². The summed E-state index contributed by atoms with van der Waals surface area (Å²) < 4.78 is 62.0. The second kappa shape index (κ2) is 6.24. The van der Waals surface area contributed by atoms with E-state index in [9.17, 15) is 21.6 Å². The molecule has 0 amide bonds. The topological polar surface area (TPSA) is 90.0 Å². The van der Waals surface area contributed by atoms with E-state index in [1.165, 1.54) is 17.1 Å². The Balaban J connectivity index is 2.27. The van der Waals surface area contributed by atoms with Crippen LogP contribution in [0.5, 0.6) is 0 Å². The predicted octanol–water partition coefficient (Wildman–Crippen LogP) is 0.727. The van der Waals surface area contributed by atoms with Gasteiger partial charge in [-0.05, 0) is 6.42 Å². The molecule has 3 N–H and O–H groups in total. The number of nitrogen functional groups attached to an aromatic ring is 1. The number of nitrogens with two attached hydrogens (primary N) is 1. The van der Waals surface area contributed by atoms with Gasteiger partial charge in [0.1, 0.15) is 0 Å². The van der Waals surface area contributed by atoms with Crippen LogP contribution in [0, 0.1) is 0 Å². The molecule has 0 unspecified atom stereocenters. The first kappa shape index (κ1) is 15.8. The lowest BCUT2D eigenvalue weighted by molar-refractivity contribution is -0.134. The van der Waals surface area contributed by atoms with E-state index >= 15 is 0 Å². The number of aromatic nitrogens is 2. The molecule has 0 aliphatic carbocycles. The van der Waals surface area contributed by atoms with Gasteiger partial charge in [0.25, 0.3) is 0 Å². The van der Waals surface area contributed by atoms with Gasteiger partial charge in [-0.1, -0.05) is 0 Å². The summed E-state index contributed by atoms with van der Waals surface area (Å²) in [6.45, 7) is 0.311. The van der Waals surface area contributed by atoms with Crippen LogP contribution in [-0.4, -0.2) is 36.7 Å². The number of halogens is 3. The van der Waals surface area contributed by atoms with E-state index in [2.05, 4.69) is 9.82 Å². The third-order valence-corrected chi connectivity index (χ3v) is 3.66. The van der Waals surface area contributed by atoms with Crippen molar-refractivity contribution in [3.05, 3.63) is 12.4 Å². The molecule has 0 bridgehead atoms. The summed E-state index contributed by atoms with van der Waals surface area (Å²) in [6, 6.07) is 0. The van der Waals surface area contributed by atoms with Crippen molar-refractivity contribution >= 4 is 15.7 Å². The van der Waals surface area contributed by atoms with Crippen LogP contribution in [0.15, 0.2) is 12.4 Å². The van der Waals surface area contributed by atoms with Crippen LogP contribution >= 0.6 is 0 Å². The molecule has 1 aromatic rings. The zero-order valence-corrected chi connectivity index (χ0v) is 10.8. The maximum atomic E-state index is 11.9. The summed E-state index contributed by atoms with van der Waals surface area (Å²) in [5.41, 5.74) is 5.87. The lowest BCUT2D eigenvalue weighted by atomic mass is 10.3. The summed E-state index contributed by atoms with van der Waals surface area (Å²) in [7, 11) is -3.69. The Morgan fingerprint density at radius 2 is 2.11 bits per heavy atom. The highest BCUT2D eigenvalue weighted by atomic mass is 32.2. The van der Waals surface area contributed by atoms with Crippen LogP contribution in [-0.2, 0) is 16.6 Å². The first-order valence-electron chi connectivity index (χ1n) is 5.50. The molecule has 0 radical (unpaired) electrons. The van der Waals surface area contributed by atoms with E-state index in [0.29, 0.717) is 5.69 Å². The lowest BCUT2D eigenvalue weighted by Crippen LogP contribution is -2.30. The molecule has 0 saturated carbocycles. The molecular formula is C9H15F3N4O2S. The fraction of sp³-hybridized carbons (Fsp3) is 0.667. The molecule has 0 aliphatic heterocycles. The number of sulfonamides is 1. The molecule has 10 heteroatoms. The highest BCUT2D eigenvalue weighted by Gasteiger charge is 2.27. The number of nitrogens with one attached hydrogen (secondary N) is 1. The van der Waals surface area contributed by atoms with Crippen LogP contribution < -0.4 is 10.5 Å². The third-order valence-electron chi connectivity index (χ3n) is 2.19. The highest BCUT2D eigenvalue weighted by Crippen LogP contribution is 2.21. The predicted molar refractivity (Wildman–Crippen MR) is 63.7 cm³/mol. The molecule has 19 heavy (non-hydrogen) atoms. The van der Waals surface area contributed by atoms with Crippen LogP contribution in [0.25, 0.3) is 0 Å². The Labute approximate surface area is 108 Å². The van der Waals surface area contributed by atoms with Crippen molar-refractivity contribution < 1.29 is 21.6 Å². The summed E-state index contributed by atoms with van der Waals surface area (Å²) in [5, 5.41) is 3.84. The van der Waals surface area contributed by atoms with Gasteiger partial charge in [-0.15, -0.1) is 0 Å². The van der Waals surface area contributed by atoms with Crippen molar-refractivity contribution in [1.29, 1.82) is 0 Å². The van der Waals surface area contributed by atoms with E-state index in [4.69, 9.17) is 5.73 Å². The van der Waals surface area contributed by atoms with Crippen molar-refractivity contribution in [2.24, 2.45) is 0 Å². The van der Waals surface area contributed by atoms with E-state index in [-0.39, 0.29) is 13.1 Å². The minimum Gasteiger partial charge on any atom is -0.396 e. The maximum Gasteiger partial charge on any atom is 0.389 e. The van der Waals surface area contributed by atoms with Crippen LogP contribution in [0.3, 0.4) is 0 Å². The van der Waals surface area contributed by atoms with Gasteiger partial charge in [-0.2, -0.15) is 18.3 Å². The molecule has 1 heterocycles. The number of alkyl halides is 3. The van der Waals surface area contributed by atoms with Gasteiger partial charge >= 0.3 is 6.18 Å². The number of rotatable bonds is 7. The molecule has 1 rings (SSSR count). The van der Waals surface area contributed by atoms with Gasteiger partial charge in [-0.25, -0.2) is 13.1 Å². The smallest absolute Gasteiger partial charge is 0.389 e. The Hall–Kier alpha value is -1.29. The average Bonchev–Trinajstić information content (AvgIpc) is 2.61. The van der Waals surface area contributed by atoms with Gasteiger partial charge in [-0.3, -0.25) is 4.68 Å². The van der Waals surface area contributed by atoms with Crippen molar-refractivity contribution in [1.82, 2.24) is 14.5 Å². The van der Waals surface area contributed by atoms with Crippen LogP contribution in [0.2, 0.25) is 0 Å². The van der Waals surface area contributed by atoms with Crippen LogP contribution in [0.1, 0.15) is 12.8 Å². The quantitative estimate of drug-likeness (QED) is 0.776. The van der Waals surface area contributed by atoms with Gasteiger partial charge in [0.15, 0.2) is 0 Å². The SMILES string of the molecule is Nc1cnn(CCNS(=O)(=O)CCCC(F)(F)F)c1. The normalized spacial score (nSPS) is 12.8. The molecule has 0 aromatic carbocycles. The maximum absolute atomic E-state index is 11.9. The number of anilines is 1. The minimum absolute atomic E-state index is 0.0511. The number of hydrogen-bond donors (Lipinski definition) is 2. The van der Waals surface area contributed by atoms with E-state index in [0.717, 1.165) is 0 Å². The van der Waals surface area contributed by atoms with E-state index < -0.39 is 34.8 Å². The highest BCUT2D eigenvalue weighted by molar-refractivity contribution is 7.89. The molecule has 0 spiro atoms. The van der Waals surface area contributed by atoms with Crippen molar-refractivity contribution in [3.63, 3.8) is 0 Å². The van der Waals surface area contributed by atoms with Crippen molar-refractivity contribution in [2.75, 3.05) is 18.0 Å². The Morgan fingerprint density at radius 3 is 2.63 bits per heavy atom. The molecule has 0 fully saturated rings. The molecule has 0 saturated heterocycles. The Bertz CT molecular complexity index is 498. The summed E-state index contributed by atoms with van der Waals surface area (Å²) in [6.07, 6.45) is -2.95. The molecule has 110 valence electrons. The summed E-state index contributed by atoms with van der Waals surface area (Å²) in [5.74, 6) is -0.548. The van der Waals surface area contributed by atoms with Gasteiger partial charge in [0.05, 0.1) is 24.2 Å². The van der Waals surface area contributed by atoms with Gasteiger partial charge < -0.3 is 5.73 Å². The average molecular weight is 300 g/mol. The molecule has 1 aromatic heterocycles. The molecule has 0 aliphatic rings. The molecule has 0 atom stereocenters. The fourth-order valence-electron chi connectivity index (χ4n) is 1.35. The second-order valence-electron chi connectivity index (χ2n) is 3.97. The van der Waals surface area contributed by atoms with Gasteiger partial charge in [0.2, 0.25) is 10.0 Å². The third kappa shape index (κ3) is 7.01. The summed E-state index contributed by atoms with van der Waals surface area (Å²) in [4.78, 5) is 0. The Kier molecular flexibility index (Phi) is 5.18. The number of hydrogen-bond acceptors (Lipinski definition) is 4.